The Morgan fingerprint density at radius 3 is 2.71 bits per heavy atom. The minimum Gasteiger partial charge on any atom is -0.390 e. The number of aliphatic hydroxyl groups excluding tert-OH is 1. The molecule has 0 amide bonds. The number of anilines is 1. The molecule has 4 aromatic rings. The summed E-state index contributed by atoms with van der Waals surface area (Å²) in [5.74, 6) is -1.31. The Morgan fingerprint density at radius 2 is 2.00 bits per heavy atom. The van der Waals surface area contributed by atoms with Crippen molar-refractivity contribution in [2.24, 2.45) is 0 Å². The van der Waals surface area contributed by atoms with E-state index in [1.165, 1.54) is 23.5 Å². The number of fused-ring (bicyclic) bond motifs is 1. The zero-order valence-electron chi connectivity index (χ0n) is 15.3. The summed E-state index contributed by atoms with van der Waals surface area (Å²) in [6, 6.07) is 5.54. The third kappa shape index (κ3) is 3.48. The number of thiazole rings is 1. The summed E-state index contributed by atoms with van der Waals surface area (Å²) in [5, 5.41) is 13.5. The van der Waals surface area contributed by atoms with Gasteiger partial charge in [-0.15, -0.1) is 0 Å². The fraction of sp³-hybridized carbons (Fsp3) is 0.200. The number of hydrogen-bond acceptors (Lipinski definition) is 5. The van der Waals surface area contributed by atoms with E-state index in [9.17, 15) is 13.9 Å². The number of halogens is 2. The van der Waals surface area contributed by atoms with Gasteiger partial charge in [-0.3, -0.25) is 0 Å². The predicted molar refractivity (Wildman–Crippen MR) is 106 cm³/mol. The summed E-state index contributed by atoms with van der Waals surface area (Å²) >= 11 is 1.49. The molecule has 3 aromatic heterocycles. The molecule has 1 aromatic carbocycles. The van der Waals surface area contributed by atoms with Crippen molar-refractivity contribution in [3.63, 3.8) is 0 Å². The van der Waals surface area contributed by atoms with Crippen LogP contribution in [0.5, 0.6) is 0 Å². The molecular weight excluding hydrogens is 382 g/mol. The van der Waals surface area contributed by atoms with Gasteiger partial charge in [0, 0.05) is 47.4 Å². The number of nitrogens with zero attached hydrogens (tertiary/aromatic N) is 3. The van der Waals surface area contributed by atoms with Gasteiger partial charge in [0.15, 0.2) is 5.13 Å². The number of aromatic nitrogens is 3. The summed E-state index contributed by atoms with van der Waals surface area (Å²) in [7, 11) is 0. The lowest BCUT2D eigenvalue weighted by atomic mass is 10.0. The third-order valence-electron chi connectivity index (χ3n) is 4.19. The van der Waals surface area contributed by atoms with Gasteiger partial charge in [-0.25, -0.2) is 18.7 Å². The van der Waals surface area contributed by atoms with Crippen molar-refractivity contribution in [3.8, 4) is 21.6 Å². The highest BCUT2D eigenvalue weighted by Gasteiger charge is 2.16. The first-order valence-corrected chi connectivity index (χ1v) is 9.57. The number of pyridine rings is 1. The number of nitrogens with one attached hydrogen (secondary N) is 1. The maximum absolute atomic E-state index is 14.5. The van der Waals surface area contributed by atoms with Crippen LogP contribution in [-0.4, -0.2) is 25.5 Å². The molecule has 0 radical (unpaired) electrons. The van der Waals surface area contributed by atoms with Gasteiger partial charge in [0.05, 0.1) is 17.2 Å². The van der Waals surface area contributed by atoms with E-state index < -0.39 is 11.6 Å². The quantitative estimate of drug-likeness (QED) is 0.509. The van der Waals surface area contributed by atoms with Crippen LogP contribution in [-0.2, 0) is 6.61 Å². The molecule has 0 saturated carbocycles. The molecule has 0 bridgehead atoms. The van der Waals surface area contributed by atoms with E-state index in [1.807, 2.05) is 26.1 Å². The second kappa shape index (κ2) is 7.29. The van der Waals surface area contributed by atoms with Crippen LogP contribution in [0.3, 0.4) is 0 Å². The molecule has 3 heterocycles. The highest BCUT2D eigenvalue weighted by molar-refractivity contribution is 7.18. The van der Waals surface area contributed by atoms with Crippen LogP contribution < -0.4 is 5.32 Å². The van der Waals surface area contributed by atoms with Crippen LogP contribution in [0.4, 0.5) is 13.9 Å². The van der Waals surface area contributed by atoms with E-state index in [0.717, 1.165) is 21.6 Å². The zero-order chi connectivity index (χ0) is 19.8. The fourth-order valence-electron chi connectivity index (χ4n) is 2.99. The lowest BCUT2D eigenvalue weighted by molar-refractivity contribution is 0.277. The molecule has 0 aliphatic rings. The zero-order valence-corrected chi connectivity index (χ0v) is 16.1. The molecule has 8 heteroatoms. The topological polar surface area (TPSA) is 62.5 Å². The highest BCUT2D eigenvalue weighted by Crippen LogP contribution is 2.35. The second-order valence-corrected chi connectivity index (χ2v) is 7.75. The summed E-state index contributed by atoms with van der Waals surface area (Å²) in [6.07, 6.45) is 5.31. The van der Waals surface area contributed by atoms with Gasteiger partial charge in [-0.1, -0.05) is 11.3 Å². The molecule has 0 aliphatic carbocycles. The maximum atomic E-state index is 14.5. The summed E-state index contributed by atoms with van der Waals surface area (Å²) in [5.41, 5.74) is 2.54. The normalized spacial score (nSPS) is 11.5. The highest BCUT2D eigenvalue weighted by atomic mass is 32.1. The lowest BCUT2D eigenvalue weighted by Crippen LogP contribution is -2.08. The largest absolute Gasteiger partial charge is 0.390 e. The summed E-state index contributed by atoms with van der Waals surface area (Å²) in [4.78, 5) is 9.66. The van der Waals surface area contributed by atoms with Gasteiger partial charge in [0.25, 0.3) is 0 Å². The Balaban J connectivity index is 1.90. The predicted octanol–water partition coefficient (Wildman–Crippen LogP) is 4.72. The standard InChI is InChI=1S/C20H18F2N4OS/c1-11(2)24-20-23-7-18(28-20)12-5-16(15-4-3-13(21)6-17(15)22)19-25-14(10-27)9-26(19)8-12/h3-9,11,27H,10H2,1-2H3,(H,23,24). The Bertz CT molecular complexity index is 1150. The van der Waals surface area contributed by atoms with Crippen molar-refractivity contribution in [3.05, 3.63) is 60.2 Å². The molecule has 0 spiro atoms. The minimum atomic E-state index is -0.668. The van der Waals surface area contributed by atoms with Crippen LogP contribution in [0.1, 0.15) is 19.5 Å². The van der Waals surface area contributed by atoms with Crippen molar-refractivity contribution in [2.75, 3.05) is 5.32 Å². The van der Waals surface area contributed by atoms with Crippen molar-refractivity contribution in [2.45, 2.75) is 26.5 Å². The van der Waals surface area contributed by atoms with Gasteiger partial charge >= 0.3 is 0 Å². The number of benzene rings is 1. The number of hydrogen-bond donors (Lipinski definition) is 2. The molecule has 28 heavy (non-hydrogen) atoms. The van der Waals surface area contributed by atoms with E-state index in [4.69, 9.17) is 0 Å². The van der Waals surface area contributed by atoms with Crippen LogP contribution in [0.15, 0.2) is 42.9 Å². The van der Waals surface area contributed by atoms with Crippen LogP contribution in [0.25, 0.3) is 27.2 Å². The van der Waals surface area contributed by atoms with Crippen molar-refractivity contribution < 1.29 is 13.9 Å². The van der Waals surface area contributed by atoms with Gasteiger partial charge in [0.2, 0.25) is 0 Å². The Hall–Kier alpha value is -2.84. The molecule has 0 unspecified atom stereocenters. The number of rotatable bonds is 5. The average Bonchev–Trinajstić information content (AvgIpc) is 3.27. The Morgan fingerprint density at radius 1 is 1.18 bits per heavy atom. The molecule has 2 N–H and O–H groups in total. The fourth-order valence-corrected chi connectivity index (χ4v) is 3.93. The third-order valence-corrected chi connectivity index (χ3v) is 5.16. The average molecular weight is 400 g/mol. The summed E-state index contributed by atoms with van der Waals surface area (Å²) in [6.45, 7) is 3.83. The monoisotopic (exact) mass is 400 g/mol. The first-order valence-electron chi connectivity index (χ1n) is 8.75. The van der Waals surface area contributed by atoms with E-state index >= 15 is 0 Å². The first kappa shape index (κ1) is 18.5. The SMILES string of the molecule is CC(C)Nc1ncc(-c2cc(-c3ccc(F)cc3F)c3nc(CO)cn3c2)s1. The van der Waals surface area contributed by atoms with Crippen LogP contribution >= 0.6 is 11.3 Å². The van der Waals surface area contributed by atoms with E-state index in [1.54, 1.807) is 16.8 Å². The minimum absolute atomic E-state index is 0.231. The lowest BCUT2D eigenvalue weighted by Gasteiger charge is -2.09. The number of aliphatic hydroxyl groups is 1. The van der Waals surface area contributed by atoms with Gasteiger partial charge in [0.1, 0.15) is 17.3 Å². The van der Waals surface area contributed by atoms with E-state index in [-0.39, 0.29) is 18.2 Å². The Kier molecular flexibility index (Phi) is 4.82. The van der Waals surface area contributed by atoms with Gasteiger partial charge in [-0.2, -0.15) is 0 Å². The van der Waals surface area contributed by atoms with Crippen LogP contribution in [0.2, 0.25) is 0 Å². The molecule has 144 valence electrons. The number of imidazole rings is 1. The molecular formula is C20H18F2N4OS. The van der Waals surface area contributed by atoms with Crippen LogP contribution in [0, 0.1) is 11.6 Å². The van der Waals surface area contributed by atoms with Gasteiger partial charge < -0.3 is 14.8 Å². The Labute approximate surface area is 164 Å². The van der Waals surface area contributed by atoms with E-state index in [0.29, 0.717) is 16.9 Å². The van der Waals surface area contributed by atoms with Gasteiger partial charge in [-0.05, 0) is 32.0 Å². The molecule has 0 saturated heterocycles. The smallest absolute Gasteiger partial charge is 0.183 e. The maximum Gasteiger partial charge on any atom is 0.183 e. The molecule has 4 rings (SSSR count). The first-order chi connectivity index (χ1) is 13.4. The summed E-state index contributed by atoms with van der Waals surface area (Å²) < 4.78 is 29.6. The molecule has 0 fully saturated rings. The van der Waals surface area contributed by atoms with Crippen molar-refractivity contribution >= 4 is 22.1 Å². The van der Waals surface area contributed by atoms with E-state index in [2.05, 4.69) is 15.3 Å². The second-order valence-electron chi connectivity index (χ2n) is 6.72. The molecule has 5 nitrogen and oxygen atoms in total. The van der Waals surface area contributed by atoms with Crippen molar-refractivity contribution in [1.29, 1.82) is 0 Å². The molecule has 0 atom stereocenters. The van der Waals surface area contributed by atoms with Crippen molar-refractivity contribution in [1.82, 2.24) is 14.4 Å². The molecule has 0 aliphatic heterocycles.